The summed E-state index contributed by atoms with van der Waals surface area (Å²) in [7, 11) is 6.02. The number of fused-ring (bicyclic) bond motifs is 2. The highest BCUT2D eigenvalue weighted by Gasteiger charge is 2.25. The molecular formula is C26H36N8O2S. The number of likely N-dealkylation sites (tertiary alicyclic amines) is 1. The normalized spacial score (nSPS) is 14.6. The molecule has 0 atom stereocenters. The fourth-order valence-electron chi connectivity index (χ4n) is 4.00. The zero-order valence-electron chi connectivity index (χ0n) is 22.0. The summed E-state index contributed by atoms with van der Waals surface area (Å²) in [6.45, 7) is 6.14. The number of aromatic nitrogens is 2. The van der Waals surface area contributed by atoms with Crippen molar-refractivity contribution in [2.24, 2.45) is 0 Å². The molecule has 5 rings (SSSR count). The van der Waals surface area contributed by atoms with Gasteiger partial charge in [-0.1, -0.05) is 13.8 Å². The van der Waals surface area contributed by atoms with E-state index < -0.39 is 0 Å². The third-order valence-electron chi connectivity index (χ3n) is 6.10. The fourth-order valence-corrected chi connectivity index (χ4v) is 4.57. The number of nitrogens with zero attached hydrogens (tertiary/aromatic N) is 4. The summed E-state index contributed by atoms with van der Waals surface area (Å²) in [4.78, 5) is 36.0. The second kappa shape index (κ2) is 13.6. The van der Waals surface area contributed by atoms with Crippen LogP contribution < -0.4 is 26.2 Å². The van der Waals surface area contributed by atoms with Gasteiger partial charge in [0.15, 0.2) is 0 Å². The minimum atomic E-state index is -0.210. The third kappa shape index (κ3) is 7.17. The zero-order chi connectivity index (χ0) is 26.8. The fraction of sp³-hybridized carbons (Fsp3) is 0.385. The zero-order valence-corrected chi connectivity index (χ0v) is 22.9. The average Bonchev–Trinajstić information content (AvgIpc) is 3.40. The second-order valence-electron chi connectivity index (χ2n) is 8.41. The summed E-state index contributed by atoms with van der Waals surface area (Å²) in [5.74, 6) is 0.963. The first kappa shape index (κ1) is 27.9. The molecule has 4 heterocycles. The standard InChI is InChI=1S/C19H25N7O.C5H5NOS.C2H6/c1-20-12-4-5-15-16(10-12)23-18(27)14-11-21-19(24-17(14)22-15)26(3)13-6-8-25(2)9-7-13;7-4-6-5-2-1-3-8-5;1-2/h4-5,10-11,13,20H,6-9H2,1-3H3,(H,23,27)(H,21,22,24);1-4H,(H,6,7);1-2H3. The summed E-state index contributed by atoms with van der Waals surface area (Å²) in [6.07, 6.45) is 4.44. The van der Waals surface area contributed by atoms with Gasteiger partial charge in [0.05, 0.1) is 16.4 Å². The lowest BCUT2D eigenvalue weighted by Gasteiger charge is -2.35. The minimum Gasteiger partial charge on any atom is -0.388 e. The van der Waals surface area contributed by atoms with Crippen LogP contribution in [0.15, 0.2) is 41.9 Å². The van der Waals surface area contributed by atoms with Crippen LogP contribution in [0.2, 0.25) is 0 Å². The molecule has 2 aliphatic rings. The number of carbonyl (C=O) groups is 2. The maximum absolute atomic E-state index is 12.6. The molecule has 1 aromatic carbocycles. The number of piperidine rings is 1. The number of anilines is 6. The lowest BCUT2D eigenvalue weighted by atomic mass is 10.0. The Morgan fingerprint density at radius 3 is 2.57 bits per heavy atom. The Kier molecular flexibility index (Phi) is 10.2. The van der Waals surface area contributed by atoms with Crippen LogP contribution in [-0.2, 0) is 4.79 Å². The van der Waals surface area contributed by atoms with E-state index in [0.717, 1.165) is 48.0 Å². The van der Waals surface area contributed by atoms with Crippen LogP contribution in [0.4, 0.5) is 33.8 Å². The molecule has 4 N–H and O–H groups in total. The summed E-state index contributed by atoms with van der Waals surface area (Å²) < 4.78 is 0. The van der Waals surface area contributed by atoms with E-state index in [-0.39, 0.29) is 5.91 Å². The SMILES string of the molecule is CC.CNc1ccc2c(c1)NC(=O)c1cnc(N(C)C3CCN(C)CC3)nc1N2.O=CNc1cccs1. The van der Waals surface area contributed by atoms with Crippen LogP contribution in [0, 0.1) is 0 Å². The van der Waals surface area contributed by atoms with Crippen molar-refractivity contribution in [2.75, 3.05) is 60.4 Å². The van der Waals surface area contributed by atoms with Crippen molar-refractivity contribution < 1.29 is 9.59 Å². The summed E-state index contributed by atoms with van der Waals surface area (Å²) >= 11 is 1.51. The summed E-state index contributed by atoms with van der Waals surface area (Å²) in [5.41, 5.74) is 2.90. The summed E-state index contributed by atoms with van der Waals surface area (Å²) in [6, 6.07) is 9.92. The molecule has 1 saturated heterocycles. The van der Waals surface area contributed by atoms with Crippen LogP contribution in [0.5, 0.6) is 0 Å². The number of nitrogens with one attached hydrogen (secondary N) is 4. The maximum atomic E-state index is 12.6. The number of carbonyl (C=O) groups excluding carboxylic acids is 2. The van der Waals surface area contributed by atoms with E-state index in [1.165, 1.54) is 11.3 Å². The Morgan fingerprint density at radius 2 is 1.92 bits per heavy atom. The van der Waals surface area contributed by atoms with Gasteiger partial charge in [0.1, 0.15) is 11.4 Å². The molecule has 2 amide bonds. The van der Waals surface area contributed by atoms with E-state index in [1.807, 2.05) is 63.7 Å². The Bertz CT molecular complexity index is 1160. The molecule has 11 heteroatoms. The van der Waals surface area contributed by atoms with Gasteiger partial charge in [-0.05, 0) is 68.7 Å². The third-order valence-corrected chi connectivity index (χ3v) is 6.90. The number of benzene rings is 1. The topological polar surface area (TPSA) is 115 Å². The van der Waals surface area contributed by atoms with Crippen molar-refractivity contribution in [2.45, 2.75) is 32.7 Å². The first-order valence-electron chi connectivity index (χ1n) is 12.4. The molecule has 1 fully saturated rings. The van der Waals surface area contributed by atoms with Gasteiger partial charge in [-0.25, -0.2) is 4.98 Å². The van der Waals surface area contributed by atoms with Crippen LogP contribution in [0.1, 0.15) is 37.0 Å². The smallest absolute Gasteiger partial charge is 0.261 e. The highest BCUT2D eigenvalue weighted by molar-refractivity contribution is 7.14. The van der Waals surface area contributed by atoms with E-state index in [9.17, 15) is 9.59 Å². The molecule has 37 heavy (non-hydrogen) atoms. The first-order valence-corrected chi connectivity index (χ1v) is 13.3. The molecule has 0 bridgehead atoms. The largest absolute Gasteiger partial charge is 0.388 e. The van der Waals surface area contributed by atoms with E-state index >= 15 is 0 Å². The highest BCUT2D eigenvalue weighted by Crippen LogP contribution is 2.33. The first-order chi connectivity index (χ1) is 18.0. The van der Waals surface area contributed by atoms with Gasteiger partial charge < -0.3 is 31.1 Å². The van der Waals surface area contributed by atoms with E-state index in [4.69, 9.17) is 0 Å². The van der Waals surface area contributed by atoms with Gasteiger partial charge in [-0.3, -0.25) is 9.59 Å². The molecule has 0 spiro atoms. The van der Waals surface area contributed by atoms with Gasteiger partial charge in [-0.2, -0.15) is 4.98 Å². The average molecular weight is 525 g/mol. The monoisotopic (exact) mass is 524 g/mol. The highest BCUT2D eigenvalue weighted by atomic mass is 32.1. The van der Waals surface area contributed by atoms with Crippen molar-refractivity contribution in [3.05, 3.63) is 47.5 Å². The Labute approximate surface area is 222 Å². The van der Waals surface area contributed by atoms with Gasteiger partial charge in [0.2, 0.25) is 12.4 Å². The molecule has 0 unspecified atom stereocenters. The van der Waals surface area contributed by atoms with Crippen molar-refractivity contribution in [1.29, 1.82) is 0 Å². The molecule has 198 valence electrons. The molecular weight excluding hydrogens is 488 g/mol. The molecule has 10 nitrogen and oxygen atoms in total. The summed E-state index contributed by atoms with van der Waals surface area (Å²) in [5, 5.41) is 14.6. The van der Waals surface area contributed by atoms with E-state index in [1.54, 1.807) is 6.20 Å². The predicted octanol–water partition coefficient (Wildman–Crippen LogP) is 4.70. The van der Waals surface area contributed by atoms with E-state index in [0.29, 0.717) is 29.8 Å². The van der Waals surface area contributed by atoms with Gasteiger partial charge in [-0.15, -0.1) is 11.3 Å². The molecule has 3 aromatic rings. The van der Waals surface area contributed by atoms with Crippen molar-refractivity contribution in [3.63, 3.8) is 0 Å². The maximum Gasteiger partial charge on any atom is 0.261 e. The molecule has 0 radical (unpaired) electrons. The van der Waals surface area contributed by atoms with Gasteiger partial charge >= 0.3 is 0 Å². The molecule has 0 saturated carbocycles. The van der Waals surface area contributed by atoms with Crippen LogP contribution in [0.25, 0.3) is 0 Å². The van der Waals surface area contributed by atoms with Gasteiger partial charge in [0, 0.05) is 32.0 Å². The predicted molar refractivity (Wildman–Crippen MR) is 154 cm³/mol. The molecule has 2 aromatic heterocycles. The quantitative estimate of drug-likeness (QED) is 0.355. The van der Waals surface area contributed by atoms with Crippen molar-refractivity contribution >= 4 is 57.5 Å². The number of hydrogen-bond donors (Lipinski definition) is 4. The van der Waals surface area contributed by atoms with E-state index in [2.05, 4.69) is 48.1 Å². The lowest BCUT2D eigenvalue weighted by Crippen LogP contribution is -2.42. The van der Waals surface area contributed by atoms with Crippen LogP contribution >= 0.6 is 11.3 Å². The Morgan fingerprint density at radius 1 is 1.16 bits per heavy atom. The van der Waals surface area contributed by atoms with Crippen molar-refractivity contribution in [3.8, 4) is 0 Å². The number of amides is 2. The van der Waals surface area contributed by atoms with Crippen LogP contribution in [-0.4, -0.2) is 67.5 Å². The van der Waals surface area contributed by atoms with Crippen molar-refractivity contribution in [1.82, 2.24) is 14.9 Å². The number of rotatable bonds is 5. The Balaban J connectivity index is 0.000000322. The minimum absolute atomic E-state index is 0.210. The molecule has 0 aliphatic carbocycles. The number of thiophene rings is 1. The van der Waals surface area contributed by atoms with Crippen LogP contribution in [0.3, 0.4) is 0 Å². The Hall–Kier alpha value is -3.70. The second-order valence-corrected chi connectivity index (χ2v) is 9.35. The lowest BCUT2D eigenvalue weighted by molar-refractivity contribution is -0.105. The number of hydrogen-bond acceptors (Lipinski definition) is 9. The van der Waals surface area contributed by atoms with Gasteiger partial charge in [0.25, 0.3) is 5.91 Å². The molecule has 2 aliphatic heterocycles.